The van der Waals surface area contributed by atoms with Crippen molar-refractivity contribution < 1.29 is 14.3 Å². The maximum atomic E-state index is 12.0. The fourth-order valence-electron chi connectivity index (χ4n) is 2.58. The number of nitrogens with one attached hydrogen (secondary N) is 2. The number of primary amides is 1. The molecule has 8 heteroatoms. The number of hydrogen-bond donors (Lipinski definition) is 3. The molecule has 3 amide bonds. The Morgan fingerprint density at radius 1 is 1.30 bits per heavy atom. The number of rotatable bonds is 4. The van der Waals surface area contributed by atoms with Crippen LogP contribution in [0.5, 0.6) is 0 Å². The first kappa shape index (κ1) is 15.5. The number of nitrogens with two attached hydrogens (primary N) is 1. The minimum atomic E-state index is -0.876. The Morgan fingerprint density at radius 3 is 2.57 bits per heavy atom. The minimum Gasteiger partial charge on any atom is -0.378 e. The fourth-order valence-corrected chi connectivity index (χ4v) is 2.58. The third-order valence-corrected chi connectivity index (χ3v) is 4.23. The summed E-state index contributed by atoms with van der Waals surface area (Å²) in [7, 11) is 0. The molecule has 1 aromatic rings. The van der Waals surface area contributed by atoms with Gasteiger partial charge in [0.15, 0.2) is 0 Å². The van der Waals surface area contributed by atoms with Crippen LogP contribution in [0.3, 0.4) is 0 Å². The first-order valence-corrected chi connectivity index (χ1v) is 7.70. The normalized spacial score (nSPS) is 19.1. The van der Waals surface area contributed by atoms with Crippen LogP contribution in [0.4, 0.5) is 16.3 Å². The number of urea groups is 1. The Labute approximate surface area is 134 Å². The molecule has 1 aliphatic heterocycles. The SMILES string of the molecule is Cc1nc(N2CCOCC2)ccc1NC(=O)NC1(C(N)=O)CC1. The molecule has 0 radical (unpaired) electrons. The molecular weight excluding hydrogens is 298 g/mol. The lowest BCUT2D eigenvalue weighted by molar-refractivity contribution is -0.120. The number of pyridine rings is 1. The number of hydrogen-bond acceptors (Lipinski definition) is 5. The van der Waals surface area contributed by atoms with E-state index >= 15 is 0 Å². The molecule has 2 heterocycles. The van der Waals surface area contributed by atoms with Crippen molar-refractivity contribution in [2.75, 3.05) is 36.5 Å². The standard InChI is InChI=1S/C15H21N5O3/c1-10-11(18-14(22)19-15(4-5-15)13(16)21)2-3-12(17-10)20-6-8-23-9-7-20/h2-3H,4-9H2,1H3,(H2,16,21)(H2,18,19,22). The van der Waals surface area contributed by atoms with Crippen molar-refractivity contribution in [2.45, 2.75) is 25.3 Å². The van der Waals surface area contributed by atoms with Gasteiger partial charge in [0.1, 0.15) is 11.4 Å². The second kappa shape index (κ2) is 6.04. The monoisotopic (exact) mass is 319 g/mol. The van der Waals surface area contributed by atoms with Gasteiger partial charge in [-0.15, -0.1) is 0 Å². The summed E-state index contributed by atoms with van der Waals surface area (Å²) in [4.78, 5) is 30.0. The van der Waals surface area contributed by atoms with E-state index in [1.165, 1.54) is 0 Å². The van der Waals surface area contributed by atoms with E-state index in [0.29, 0.717) is 37.4 Å². The van der Waals surface area contributed by atoms with Gasteiger partial charge in [0, 0.05) is 13.1 Å². The second-order valence-electron chi connectivity index (χ2n) is 5.93. The van der Waals surface area contributed by atoms with Gasteiger partial charge in [-0.3, -0.25) is 4.79 Å². The highest BCUT2D eigenvalue weighted by molar-refractivity contribution is 5.97. The lowest BCUT2D eigenvalue weighted by atomic mass is 10.2. The van der Waals surface area contributed by atoms with Crippen molar-refractivity contribution in [3.05, 3.63) is 17.8 Å². The number of morpholine rings is 1. The van der Waals surface area contributed by atoms with E-state index in [1.54, 1.807) is 0 Å². The summed E-state index contributed by atoms with van der Waals surface area (Å²) in [6.45, 7) is 4.83. The van der Waals surface area contributed by atoms with Gasteiger partial charge in [0.05, 0.1) is 24.6 Å². The van der Waals surface area contributed by atoms with Crippen LogP contribution in [0.25, 0.3) is 0 Å². The van der Waals surface area contributed by atoms with E-state index in [0.717, 1.165) is 18.9 Å². The Morgan fingerprint density at radius 2 is 2.00 bits per heavy atom. The average molecular weight is 319 g/mol. The average Bonchev–Trinajstić information content (AvgIpc) is 3.31. The van der Waals surface area contributed by atoms with Gasteiger partial charge in [-0.1, -0.05) is 0 Å². The van der Waals surface area contributed by atoms with Crippen LogP contribution in [0.1, 0.15) is 18.5 Å². The second-order valence-corrected chi connectivity index (χ2v) is 5.93. The topological polar surface area (TPSA) is 110 Å². The molecule has 0 spiro atoms. The van der Waals surface area contributed by atoms with Crippen molar-refractivity contribution in [1.29, 1.82) is 0 Å². The highest BCUT2D eigenvalue weighted by Crippen LogP contribution is 2.34. The van der Waals surface area contributed by atoms with E-state index < -0.39 is 17.5 Å². The lowest BCUT2D eigenvalue weighted by Crippen LogP contribution is -2.48. The fraction of sp³-hybridized carbons (Fsp3) is 0.533. The summed E-state index contributed by atoms with van der Waals surface area (Å²) in [5, 5.41) is 5.37. The zero-order valence-electron chi connectivity index (χ0n) is 13.1. The number of carbonyl (C=O) groups excluding carboxylic acids is 2. The Balaban J connectivity index is 1.64. The smallest absolute Gasteiger partial charge is 0.320 e. The van der Waals surface area contributed by atoms with Crippen LogP contribution >= 0.6 is 0 Å². The molecule has 0 unspecified atom stereocenters. The molecule has 4 N–H and O–H groups in total. The maximum Gasteiger partial charge on any atom is 0.320 e. The zero-order valence-corrected chi connectivity index (χ0v) is 13.1. The summed E-state index contributed by atoms with van der Waals surface area (Å²) in [6.07, 6.45) is 1.17. The summed E-state index contributed by atoms with van der Waals surface area (Å²) in [5.41, 5.74) is 5.75. The third kappa shape index (κ3) is 3.37. The van der Waals surface area contributed by atoms with Crippen molar-refractivity contribution in [2.24, 2.45) is 5.73 Å². The number of anilines is 2. The number of amides is 3. The molecule has 8 nitrogen and oxygen atoms in total. The van der Waals surface area contributed by atoms with Gasteiger partial charge in [0.2, 0.25) is 5.91 Å². The molecular formula is C15H21N5O3. The van der Waals surface area contributed by atoms with Crippen LogP contribution in [-0.4, -0.2) is 48.8 Å². The molecule has 1 saturated heterocycles. The predicted molar refractivity (Wildman–Crippen MR) is 85.3 cm³/mol. The number of aromatic nitrogens is 1. The summed E-state index contributed by atoms with van der Waals surface area (Å²) < 4.78 is 5.33. The molecule has 0 atom stereocenters. The number of ether oxygens (including phenoxy) is 1. The van der Waals surface area contributed by atoms with E-state index in [9.17, 15) is 9.59 Å². The summed E-state index contributed by atoms with van der Waals surface area (Å²) in [6, 6.07) is 3.25. The largest absolute Gasteiger partial charge is 0.378 e. The van der Waals surface area contributed by atoms with Crippen LogP contribution < -0.4 is 21.3 Å². The summed E-state index contributed by atoms with van der Waals surface area (Å²) in [5.74, 6) is 0.373. The van der Waals surface area contributed by atoms with E-state index in [-0.39, 0.29) is 0 Å². The molecule has 3 rings (SSSR count). The van der Waals surface area contributed by atoms with Crippen LogP contribution in [-0.2, 0) is 9.53 Å². The van der Waals surface area contributed by atoms with E-state index in [1.807, 2.05) is 19.1 Å². The quantitative estimate of drug-likeness (QED) is 0.742. The lowest BCUT2D eigenvalue weighted by Gasteiger charge is -2.28. The molecule has 1 saturated carbocycles. The number of nitrogens with zero attached hydrogens (tertiary/aromatic N) is 2. The van der Waals surface area contributed by atoms with Gasteiger partial charge < -0.3 is 26.0 Å². The molecule has 1 aromatic heterocycles. The first-order valence-electron chi connectivity index (χ1n) is 7.70. The zero-order chi connectivity index (χ0) is 16.4. The number of aryl methyl sites for hydroxylation is 1. The van der Waals surface area contributed by atoms with E-state index in [2.05, 4.69) is 20.5 Å². The highest BCUT2D eigenvalue weighted by Gasteiger charge is 2.50. The van der Waals surface area contributed by atoms with Gasteiger partial charge in [-0.05, 0) is 31.9 Å². The van der Waals surface area contributed by atoms with Crippen LogP contribution in [0, 0.1) is 6.92 Å². The first-order chi connectivity index (χ1) is 11.0. The maximum absolute atomic E-state index is 12.0. The van der Waals surface area contributed by atoms with Crippen LogP contribution in [0.15, 0.2) is 12.1 Å². The van der Waals surface area contributed by atoms with Crippen molar-refractivity contribution >= 4 is 23.4 Å². The van der Waals surface area contributed by atoms with Gasteiger partial charge >= 0.3 is 6.03 Å². The molecule has 0 bridgehead atoms. The van der Waals surface area contributed by atoms with Gasteiger partial charge in [0.25, 0.3) is 0 Å². The molecule has 23 heavy (non-hydrogen) atoms. The van der Waals surface area contributed by atoms with Crippen molar-refractivity contribution in [3.8, 4) is 0 Å². The molecule has 2 aliphatic rings. The minimum absolute atomic E-state index is 0.440. The molecule has 2 fully saturated rings. The molecule has 1 aliphatic carbocycles. The van der Waals surface area contributed by atoms with E-state index in [4.69, 9.17) is 10.5 Å². The Hall–Kier alpha value is -2.35. The number of carbonyl (C=O) groups is 2. The molecule has 124 valence electrons. The Kier molecular flexibility index (Phi) is 4.08. The predicted octanol–water partition coefficient (Wildman–Crippen LogP) is 0.366. The summed E-state index contributed by atoms with van der Waals surface area (Å²) >= 11 is 0. The third-order valence-electron chi connectivity index (χ3n) is 4.23. The van der Waals surface area contributed by atoms with Gasteiger partial charge in [-0.2, -0.15) is 0 Å². The van der Waals surface area contributed by atoms with Gasteiger partial charge in [-0.25, -0.2) is 9.78 Å². The van der Waals surface area contributed by atoms with Crippen molar-refractivity contribution in [1.82, 2.24) is 10.3 Å². The Bertz CT molecular complexity index is 624. The highest BCUT2D eigenvalue weighted by atomic mass is 16.5. The van der Waals surface area contributed by atoms with Crippen LogP contribution in [0.2, 0.25) is 0 Å². The molecule has 0 aromatic carbocycles. The van der Waals surface area contributed by atoms with Crippen molar-refractivity contribution in [3.63, 3.8) is 0 Å².